The number of likely N-dealkylation sites (N-methyl/N-ethyl adjacent to an activating group) is 2. The number of likely N-dealkylation sites (tertiary alicyclic amines) is 1. The number of rotatable bonds is 5. The molecule has 5 heteroatoms. The molecular weight excluding hydrogens is 334 g/mol. The molecular formula is C22H25N5. The summed E-state index contributed by atoms with van der Waals surface area (Å²) in [5, 5.41) is 0. The molecule has 2 aliphatic heterocycles. The summed E-state index contributed by atoms with van der Waals surface area (Å²) >= 11 is 0. The Morgan fingerprint density at radius 2 is 1.96 bits per heavy atom. The predicted octanol–water partition coefficient (Wildman–Crippen LogP) is 3.45. The summed E-state index contributed by atoms with van der Waals surface area (Å²) in [6.45, 7) is 6.13. The lowest BCUT2D eigenvalue weighted by Gasteiger charge is -2.41. The second kappa shape index (κ2) is 7.00. The first-order valence-corrected chi connectivity index (χ1v) is 9.21. The highest BCUT2D eigenvalue weighted by Crippen LogP contribution is 2.33. The lowest BCUT2D eigenvalue weighted by molar-refractivity contribution is 0.115. The molecule has 0 amide bonds. The molecule has 2 aromatic carbocycles. The van der Waals surface area contributed by atoms with Crippen molar-refractivity contribution < 1.29 is 0 Å². The average Bonchev–Trinajstić information content (AvgIpc) is 3.02. The van der Waals surface area contributed by atoms with Crippen LogP contribution in [0.4, 0.5) is 11.4 Å². The molecule has 4 rings (SSSR count). The van der Waals surface area contributed by atoms with Crippen LogP contribution < -0.4 is 5.73 Å². The first kappa shape index (κ1) is 17.5. The van der Waals surface area contributed by atoms with Gasteiger partial charge in [-0.05, 0) is 41.9 Å². The number of aliphatic imine (C=N–C) groups is 2. The molecule has 2 N–H and O–H groups in total. The highest BCUT2D eigenvalue weighted by atomic mass is 15.3. The predicted molar refractivity (Wildman–Crippen MR) is 114 cm³/mol. The Bertz CT molecular complexity index is 938. The van der Waals surface area contributed by atoms with Gasteiger partial charge in [-0.3, -0.25) is 0 Å². The smallest absolute Gasteiger partial charge is 0.104 e. The molecule has 0 unspecified atom stereocenters. The summed E-state index contributed by atoms with van der Waals surface area (Å²) in [6.07, 6.45) is 4.52. The summed E-state index contributed by atoms with van der Waals surface area (Å²) < 4.78 is 0. The van der Waals surface area contributed by atoms with Gasteiger partial charge < -0.3 is 15.5 Å². The Labute approximate surface area is 160 Å². The van der Waals surface area contributed by atoms with E-state index in [-0.39, 0.29) is 0 Å². The molecule has 2 heterocycles. The van der Waals surface area contributed by atoms with Crippen LogP contribution in [0.3, 0.4) is 0 Å². The van der Waals surface area contributed by atoms with Gasteiger partial charge in [0.2, 0.25) is 0 Å². The minimum Gasteiger partial charge on any atom is -0.387 e. The molecule has 138 valence electrons. The number of fused-ring (bicyclic) bond motifs is 1. The van der Waals surface area contributed by atoms with E-state index in [4.69, 9.17) is 5.73 Å². The zero-order chi connectivity index (χ0) is 19.0. The Kier molecular flexibility index (Phi) is 4.54. The number of hydrogen-bond acceptors (Lipinski definition) is 4. The second-order valence-corrected chi connectivity index (χ2v) is 7.39. The van der Waals surface area contributed by atoms with Gasteiger partial charge in [-0.1, -0.05) is 30.9 Å². The Morgan fingerprint density at radius 3 is 2.70 bits per heavy atom. The van der Waals surface area contributed by atoms with E-state index >= 15 is 0 Å². The molecule has 0 radical (unpaired) electrons. The van der Waals surface area contributed by atoms with Gasteiger partial charge in [0.1, 0.15) is 5.84 Å². The summed E-state index contributed by atoms with van der Waals surface area (Å²) in [6, 6.07) is 13.2. The van der Waals surface area contributed by atoms with Gasteiger partial charge in [0.15, 0.2) is 0 Å². The van der Waals surface area contributed by atoms with E-state index in [1.54, 1.807) is 0 Å². The van der Waals surface area contributed by atoms with Gasteiger partial charge in [-0.15, -0.1) is 0 Å². The molecule has 0 bridgehead atoms. The monoisotopic (exact) mass is 359 g/mol. The lowest BCUT2D eigenvalue weighted by atomic mass is 9.99. The van der Waals surface area contributed by atoms with Gasteiger partial charge in [-0.2, -0.15) is 0 Å². The van der Waals surface area contributed by atoms with Gasteiger partial charge >= 0.3 is 0 Å². The largest absolute Gasteiger partial charge is 0.387 e. The normalized spacial score (nSPS) is 16.9. The molecule has 1 fully saturated rings. The van der Waals surface area contributed by atoms with Gasteiger partial charge in [0, 0.05) is 32.1 Å². The highest BCUT2D eigenvalue weighted by molar-refractivity contribution is 5.92. The number of hydrogen-bond donors (Lipinski definition) is 1. The standard InChI is InChI=1S/C22H25N5/c1-4-15-9-16(17-5-6-18-11-22(23)25-21(18)10-17)7-8-20(15)24-14-27(3)19-12-26(2)13-19/h4-10,14,19H,1,11-13H2,2-3H3,(H2,23,25). The van der Waals surface area contributed by atoms with Gasteiger partial charge in [0.05, 0.1) is 23.8 Å². The third-order valence-electron chi connectivity index (χ3n) is 5.30. The quantitative estimate of drug-likeness (QED) is 0.657. The number of amidine groups is 1. The molecule has 0 saturated carbocycles. The van der Waals surface area contributed by atoms with Gasteiger partial charge in [-0.25, -0.2) is 9.98 Å². The van der Waals surface area contributed by atoms with Crippen molar-refractivity contribution in [1.29, 1.82) is 0 Å². The minimum absolute atomic E-state index is 0.546. The first-order chi connectivity index (χ1) is 13.0. The van der Waals surface area contributed by atoms with E-state index in [1.807, 2.05) is 12.4 Å². The van der Waals surface area contributed by atoms with Crippen LogP contribution in [-0.4, -0.2) is 55.2 Å². The summed E-state index contributed by atoms with van der Waals surface area (Å²) in [5.74, 6) is 0.681. The Hall–Kier alpha value is -2.92. The van der Waals surface area contributed by atoms with Crippen LogP contribution in [-0.2, 0) is 6.42 Å². The van der Waals surface area contributed by atoms with Crippen molar-refractivity contribution in [3.8, 4) is 11.1 Å². The van der Waals surface area contributed by atoms with E-state index in [0.29, 0.717) is 11.9 Å². The SMILES string of the molecule is C=Cc1cc(-c2ccc3c(c2)N=C(N)C3)ccc1N=CN(C)C1CN(C)C1. The fraction of sp³-hybridized carbons (Fsp3) is 0.273. The molecule has 5 nitrogen and oxygen atoms in total. The molecule has 0 atom stereocenters. The molecule has 0 spiro atoms. The Balaban J connectivity index is 1.57. The zero-order valence-electron chi connectivity index (χ0n) is 15.9. The Morgan fingerprint density at radius 1 is 1.22 bits per heavy atom. The summed E-state index contributed by atoms with van der Waals surface area (Å²) in [5.41, 5.74) is 12.2. The zero-order valence-corrected chi connectivity index (χ0v) is 15.9. The van der Waals surface area contributed by atoms with Crippen molar-refractivity contribution in [3.63, 3.8) is 0 Å². The maximum Gasteiger partial charge on any atom is 0.104 e. The molecule has 0 aliphatic carbocycles. The van der Waals surface area contributed by atoms with E-state index in [9.17, 15) is 0 Å². The molecule has 2 aromatic rings. The average molecular weight is 359 g/mol. The van der Waals surface area contributed by atoms with E-state index < -0.39 is 0 Å². The third kappa shape index (κ3) is 3.51. The maximum absolute atomic E-state index is 5.85. The number of nitrogens with zero attached hydrogens (tertiary/aromatic N) is 4. The van der Waals surface area contributed by atoms with Crippen molar-refractivity contribution in [2.45, 2.75) is 12.5 Å². The fourth-order valence-corrected chi connectivity index (χ4v) is 3.57. The topological polar surface area (TPSA) is 57.2 Å². The van der Waals surface area contributed by atoms with Crippen LogP contribution in [0.25, 0.3) is 17.2 Å². The summed E-state index contributed by atoms with van der Waals surface area (Å²) in [7, 11) is 4.22. The van der Waals surface area contributed by atoms with Crippen LogP contribution in [0.1, 0.15) is 11.1 Å². The van der Waals surface area contributed by atoms with Crippen LogP contribution in [0.15, 0.2) is 53.0 Å². The molecule has 27 heavy (non-hydrogen) atoms. The van der Waals surface area contributed by atoms with E-state index in [2.05, 4.69) is 76.9 Å². The van der Waals surface area contributed by atoms with Crippen molar-refractivity contribution in [2.24, 2.45) is 15.7 Å². The van der Waals surface area contributed by atoms with Crippen molar-refractivity contribution in [2.75, 3.05) is 27.2 Å². The number of benzene rings is 2. The van der Waals surface area contributed by atoms with Crippen LogP contribution in [0.5, 0.6) is 0 Å². The highest BCUT2D eigenvalue weighted by Gasteiger charge is 2.25. The molecule has 0 aromatic heterocycles. The second-order valence-electron chi connectivity index (χ2n) is 7.39. The fourth-order valence-electron chi connectivity index (χ4n) is 3.57. The van der Waals surface area contributed by atoms with Crippen LogP contribution in [0, 0.1) is 0 Å². The number of nitrogens with two attached hydrogens (primary N) is 1. The molecule has 1 saturated heterocycles. The third-order valence-corrected chi connectivity index (χ3v) is 5.30. The summed E-state index contributed by atoms with van der Waals surface area (Å²) in [4.78, 5) is 13.6. The van der Waals surface area contributed by atoms with Crippen molar-refractivity contribution >= 4 is 29.6 Å². The minimum atomic E-state index is 0.546. The van der Waals surface area contributed by atoms with Crippen molar-refractivity contribution in [1.82, 2.24) is 9.80 Å². The van der Waals surface area contributed by atoms with E-state index in [0.717, 1.165) is 47.6 Å². The van der Waals surface area contributed by atoms with Crippen LogP contribution in [0.2, 0.25) is 0 Å². The molecule has 2 aliphatic rings. The first-order valence-electron chi connectivity index (χ1n) is 9.21. The maximum atomic E-state index is 5.85. The van der Waals surface area contributed by atoms with E-state index in [1.165, 1.54) is 5.56 Å². The lowest BCUT2D eigenvalue weighted by Crippen LogP contribution is -2.56. The van der Waals surface area contributed by atoms with Crippen molar-refractivity contribution in [3.05, 3.63) is 54.1 Å². The van der Waals surface area contributed by atoms with Gasteiger partial charge in [0.25, 0.3) is 0 Å². The van der Waals surface area contributed by atoms with Crippen LogP contribution >= 0.6 is 0 Å².